The van der Waals surface area contributed by atoms with Crippen LogP contribution in [0, 0.1) is 3.95 Å². The number of hydrogen-bond acceptors (Lipinski definition) is 5. The molecule has 2 aromatic carbocycles. The normalized spacial score (nSPS) is 10.6. The maximum atomic E-state index is 12.1. The quantitative estimate of drug-likeness (QED) is 0.480. The first-order chi connectivity index (χ1) is 12.2. The van der Waals surface area contributed by atoms with E-state index in [1.165, 1.54) is 28.7 Å². The summed E-state index contributed by atoms with van der Waals surface area (Å²) in [6.07, 6.45) is 0.985. The molecule has 3 aromatic rings. The molecule has 0 unspecified atom stereocenters. The number of carbonyl (C=O) groups excluding carboxylic acids is 1. The first kappa shape index (κ1) is 17.8. The highest BCUT2D eigenvalue weighted by molar-refractivity contribution is 8.01. The highest BCUT2D eigenvalue weighted by Gasteiger charge is 2.09. The average Bonchev–Trinajstić information content (AvgIpc) is 3.02. The molecule has 7 heteroatoms. The lowest BCUT2D eigenvalue weighted by atomic mass is 10.1. The van der Waals surface area contributed by atoms with E-state index in [9.17, 15) is 4.79 Å². The lowest BCUT2D eigenvalue weighted by Crippen LogP contribution is -2.13. The van der Waals surface area contributed by atoms with Gasteiger partial charge in [0.2, 0.25) is 5.91 Å². The lowest BCUT2D eigenvalue weighted by Gasteiger charge is -2.05. The summed E-state index contributed by atoms with van der Waals surface area (Å²) in [5.74, 6) is 0.244. The van der Waals surface area contributed by atoms with Crippen LogP contribution in [0.25, 0.3) is 5.69 Å². The zero-order chi connectivity index (χ0) is 17.6. The van der Waals surface area contributed by atoms with Crippen molar-refractivity contribution in [2.45, 2.75) is 17.7 Å². The van der Waals surface area contributed by atoms with Crippen molar-refractivity contribution in [3.8, 4) is 5.69 Å². The monoisotopic (exact) mass is 387 g/mol. The van der Waals surface area contributed by atoms with Crippen LogP contribution in [0.15, 0.2) is 58.9 Å². The molecule has 0 spiro atoms. The van der Waals surface area contributed by atoms with Crippen molar-refractivity contribution >= 4 is 46.9 Å². The van der Waals surface area contributed by atoms with Gasteiger partial charge < -0.3 is 5.32 Å². The van der Waals surface area contributed by atoms with Crippen molar-refractivity contribution in [1.29, 1.82) is 0 Å². The fourth-order valence-corrected chi connectivity index (χ4v) is 4.36. The predicted octanol–water partition coefficient (Wildman–Crippen LogP) is 4.96. The second-order valence-corrected chi connectivity index (χ2v) is 8.11. The van der Waals surface area contributed by atoms with Crippen LogP contribution >= 0.6 is 35.3 Å². The third kappa shape index (κ3) is 4.78. The Kier molecular flexibility index (Phi) is 6.01. The van der Waals surface area contributed by atoms with Gasteiger partial charge in [-0.1, -0.05) is 60.4 Å². The third-order valence-corrected chi connectivity index (χ3v) is 5.87. The minimum absolute atomic E-state index is 0.0540. The Morgan fingerprint density at radius 1 is 1.20 bits per heavy atom. The number of nitrogens with zero attached hydrogens (tertiary/aromatic N) is 2. The highest BCUT2D eigenvalue weighted by Crippen LogP contribution is 2.24. The number of carbonyl (C=O) groups is 1. The lowest BCUT2D eigenvalue weighted by molar-refractivity contribution is -0.113. The van der Waals surface area contributed by atoms with E-state index in [0.717, 1.165) is 22.1 Å². The Bertz CT molecular complexity index is 901. The fourth-order valence-electron chi connectivity index (χ4n) is 2.20. The van der Waals surface area contributed by atoms with Gasteiger partial charge in [0.1, 0.15) is 0 Å². The van der Waals surface area contributed by atoms with Gasteiger partial charge in [0.05, 0.1) is 11.4 Å². The van der Waals surface area contributed by atoms with Gasteiger partial charge in [-0.2, -0.15) is 0 Å². The Morgan fingerprint density at radius 3 is 2.60 bits per heavy atom. The van der Waals surface area contributed by atoms with Crippen molar-refractivity contribution in [2.75, 3.05) is 11.1 Å². The van der Waals surface area contributed by atoms with E-state index in [0.29, 0.717) is 9.71 Å². The summed E-state index contributed by atoms with van der Waals surface area (Å²) < 4.78 is 3.18. The summed E-state index contributed by atoms with van der Waals surface area (Å²) >= 11 is 8.17. The summed E-state index contributed by atoms with van der Waals surface area (Å²) in [6, 6.07) is 17.7. The number of thioether (sulfide) groups is 1. The number of para-hydroxylation sites is 1. The molecule has 0 fully saturated rings. The molecule has 1 amide bonds. The first-order valence-electron chi connectivity index (χ1n) is 7.83. The molecule has 0 bridgehead atoms. The summed E-state index contributed by atoms with van der Waals surface area (Å²) in [5.41, 5.74) is 2.99. The molecule has 128 valence electrons. The number of benzene rings is 2. The molecular formula is C18H17N3OS3. The topological polar surface area (TPSA) is 46.9 Å². The van der Waals surface area contributed by atoms with Gasteiger partial charge in [-0.15, -0.1) is 5.10 Å². The largest absolute Gasteiger partial charge is 0.325 e. The molecule has 0 saturated heterocycles. The van der Waals surface area contributed by atoms with Crippen molar-refractivity contribution in [1.82, 2.24) is 9.78 Å². The number of rotatable bonds is 6. The zero-order valence-electron chi connectivity index (χ0n) is 13.6. The number of amides is 1. The maximum absolute atomic E-state index is 12.1. The number of aryl methyl sites for hydroxylation is 1. The number of hydrogen-bond donors (Lipinski definition) is 1. The molecule has 25 heavy (non-hydrogen) atoms. The van der Waals surface area contributed by atoms with E-state index in [-0.39, 0.29) is 5.91 Å². The van der Waals surface area contributed by atoms with Crippen molar-refractivity contribution in [3.05, 3.63) is 64.1 Å². The van der Waals surface area contributed by atoms with Crippen LogP contribution in [0.2, 0.25) is 0 Å². The summed E-state index contributed by atoms with van der Waals surface area (Å²) in [6.45, 7) is 2.10. The van der Waals surface area contributed by atoms with Gasteiger partial charge in [0.25, 0.3) is 0 Å². The Balaban J connectivity index is 1.60. The minimum Gasteiger partial charge on any atom is -0.325 e. The Morgan fingerprint density at radius 2 is 1.92 bits per heavy atom. The van der Waals surface area contributed by atoms with E-state index in [1.54, 1.807) is 4.68 Å². The highest BCUT2D eigenvalue weighted by atomic mass is 32.2. The van der Waals surface area contributed by atoms with E-state index in [4.69, 9.17) is 12.2 Å². The predicted molar refractivity (Wildman–Crippen MR) is 107 cm³/mol. The standard InChI is InChI=1S/C18H17N3OS3/c1-2-13-8-10-14(11-9-13)19-16(22)12-24-17-20-21(18(23)25-17)15-6-4-3-5-7-15/h3-11H,2,12H2,1H3,(H,19,22). The second kappa shape index (κ2) is 8.42. The smallest absolute Gasteiger partial charge is 0.234 e. The van der Waals surface area contributed by atoms with Gasteiger partial charge >= 0.3 is 0 Å². The van der Waals surface area contributed by atoms with Crippen molar-refractivity contribution < 1.29 is 4.79 Å². The molecule has 1 N–H and O–H groups in total. The van der Waals surface area contributed by atoms with E-state index < -0.39 is 0 Å². The first-order valence-corrected chi connectivity index (χ1v) is 10.0. The summed E-state index contributed by atoms with van der Waals surface area (Å²) in [5, 5.41) is 7.40. The molecule has 1 aromatic heterocycles. The van der Waals surface area contributed by atoms with Gasteiger partial charge in [-0.05, 0) is 48.5 Å². The van der Waals surface area contributed by atoms with Crippen molar-refractivity contribution in [2.24, 2.45) is 0 Å². The minimum atomic E-state index is -0.0540. The third-order valence-electron chi connectivity index (χ3n) is 3.50. The van der Waals surface area contributed by atoms with E-state index in [2.05, 4.69) is 17.3 Å². The number of anilines is 1. The van der Waals surface area contributed by atoms with E-state index in [1.807, 2.05) is 54.6 Å². The van der Waals surface area contributed by atoms with Crippen molar-refractivity contribution in [3.63, 3.8) is 0 Å². The van der Waals surface area contributed by atoms with Crippen LogP contribution in [-0.2, 0) is 11.2 Å². The maximum Gasteiger partial charge on any atom is 0.234 e. The second-order valence-electron chi connectivity index (χ2n) is 5.27. The van der Waals surface area contributed by atoms with Crippen LogP contribution in [0.4, 0.5) is 5.69 Å². The van der Waals surface area contributed by atoms with Crippen LogP contribution in [0.3, 0.4) is 0 Å². The molecule has 0 radical (unpaired) electrons. The van der Waals surface area contributed by atoms with Gasteiger partial charge in [0.15, 0.2) is 8.29 Å². The molecule has 0 atom stereocenters. The van der Waals surface area contributed by atoms with E-state index >= 15 is 0 Å². The summed E-state index contributed by atoms with van der Waals surface area (Å²) in [4.78, 5) is 12.1. The molecule has 4 nitrogen and oxygen atoms in total. The summed E-state index contributed by atoms with van der Waals surface area (Å²) in [7, 11) is 0. The SMILES string of the molecule is CCc1ccc(NC(=O)CSc2nn(-c3ccccc3)c(=S)s2)cc1. The van der Waals surface area contributed by atoms with Gasteiger partial charge in [0, 0.05) is 5.69 Å². The van der Waals surface area contributed by atoms with Crippen LogP contribution < -0.4 is 5.32 Å². The fraction of sp³-hybridized carbons (Fsp3) is 0.167. The Labute approximate surface area is 159 Å². The van der Waals surface area contributed by atoms with Gasteiger partial charge in [-0.25, -0.2) is 4.68 Å². The van der Waals surface area contributed by atoms with Crippen LogP contribution in [0.5, 0.6) is 0 Å². The molecule has 3 rings (SSSR count). The van der Waals surface area contributed by atoms with Crippen LogP contribution in [-0.4, -0.2) is 21.4 Å². The molecule has 0 saturated carbocycles. The molecule has 1 heterocycles. The number of nitrogens with one attached hydrogen (secondary N) is 1. The number of aromatic nitrogens is 2. The Hall–Kier alpha value is -1.96. The molecule has 0 aliphatic heterocycles. The molecular weight excluding hydrogens is 370 g/mol. The molecule has 0 aliphatic carbocycles. The molecule has 0 aliphatic rings. The average molecular weight is 388 g/mol. The zero-order valence-corrected chi connectivity index (χ0v) is 16.1. The van der Waals surface area contributed by atoms with Crippen LogP contribution in [0.1, 0.15) is 12.5 Å². The van der Waals surface area contributed by atoms with Gasteiger partial charge in [-0.3, -0.25) is 4.79 Å².